The molecule has 5 heteroatoms. The molecule has 2 aromatic rings. The fourth-order valence-corrected chi connectivity index (χ4v) is 3.15. The van der Waals surface area contributed by atoms with Crippen molar-refractivity contribution in [3.05, 3.63) is 28.6 Å². The highest BCUT2D eigenvalue weighted by Gasteiger charge is 2.25. The molecule has 2 aromatic heterocycles. The number of aromatic nitrogens is 3. The normalized spacial score (nSPS) is 24.6. The Hall–Kier alpha value is -0.940. The average molecular weight is 309 g/mol. The number of pyridine rings is 1. The monoisotopic (exact) mass is 308 g/mol. The van der Waals surface area contributed by atoms with Crippen LogP contribution >= 0.6 is 15.9 Å². The van der Waals surface area contributed by atoms with Crippen molar-refractivity contribution in [3.8, 4) is 0 Å². The van der Waals surface area contributed by atoms with Gasteiger partial charge in [-0.3, -0.25) is 4.40 Å². The molecule has 0 atom stereocenters. The van der Waals surface area contributed by atoms with Crippen LogP contribution in [0.25, 0.3) is 5.65 Å². The highest BCUT2D eigenvalue weighted by Crippen LogP contribution is 2.34. The number of halogens is 1. The van der Waals surface area contributed by atoms with Gasteiger partial charge in [-0.1, -0.05) is 0 Å². The molecule has 0 amide bonds. The SMILES string of the molecule is NCC1CCC(c2nnc3ccc(Br)cn23)CC1. The molecule has 0 saturated heterocycles. The summed E-state index contributed by atoms with van der Waals surface area (Å²) in [6.45, 7) is 0.818. The first kappa shape index (κ1) is 12.1. The molecule has 4 nitrogen and oxygen atoms in total. The predicted octanol–water partition coefficient (Wildman–Crippen LogP) is 2.72. The Balaban J connectivity index is 1.88. The number of fused-ring (bicyclic) bond motifs is 1. The molecule has 96 valence electrons. The van der Waals surface area contributed by atoms with Crippen molar-refractivity contribution in [2.75, 3.05) is 6.54 Å². The molecule has 0 unspecified atom stereocenters. The van der Waals surface area contributed by atoms with Gasteiger partial charge in [-0.05, 0) is 66.2 Å². The predicted molar refractivity (Wildman–Crippen MR) is 74.4 cm³/mol. The van der Waals surface area contributed by atoms with Crippen molar-refractivity contribution in [1.82, 2.24) is 14.6 Å². The summed E-state index contributed by atoms with van der Waals surface area (Å²) in [6, 6.07) is 3.99. The van der Waals surface area contributed by atoms with E-state index in [0.717, 1.165) is 22.5 Å². The van der Waals surface area contributed by atoms with E-state index in [1.807, 2.05) is 12.1 Å². The molecule has 1 fully saturated rings. The fraction of sp³-hybridized carbons (Fsp3) is 0.538. The van der Waals surface area contributed by atoms with Gasteiger partial charge in [-0.15, -0.1) is 10.2 Å². The van der Waals surface area contributed by atoms with Crippen LogP contribution in [-0.2, 0) is 0 Å². The Labute approximate surface area is 115 Å². The maximum absolute atomic E-state index is 5.74. The summed E-state index contributed by atoms with van der Waals surface area (Å²) < 4.78 is 3.17. The van der Waals surface area contributed by atoms with E-state index in [1.165, 1.54) is 25.7 Å². The van der Waals surface area contributed by atoms with E-state index in [-0.39, 0.29) is 0 Å². The Morgan fingerprint density at radius 3 is 2.72 bits per heavy atom. The average Bonchev–Trinajstić information content (AvgIpc) is 2.82. The smallest absolute Gasteiger partial charge is 0.160 e. The minimum atomic E-state index is 0.525. The topological polar surface area (TPSA) is 56.2 Å². The molecule has 1 saturated carbocycles. The Kier molecular flexibility index (Phi) is 3.35. The van der Waals surface area contributed by atoms with E-state index in [9.17, 15) is 0 Å². The third kappa shape index (κ3) is 2.17. The van der Waals surface area contributed by atoms with Crippen molar-refractivity contribution >= 4 is 21.6 Å². The molecule has 0 aliphatic heterocycles. The minimum Gasteiger partial charge on any atom is -0.330 e. The highest BCUT2D eigenvalue weighted by molar-refractivity contribution is 9.10. The van der Waals surface area contributed by atoms with Gasteiger partial charge in [-0.2, -0.15) is 0 Å². The second-order valence-electron chi connectivity index (χ2n) is 5.09. The summed E-state index contributed by atoms with van der Waals surface area (Å²) in [4.78, 5) is 0. The van der Waals surface area contributed by atoms with Crippen molar-refractivity contribution < 1.29 is 0 Å². The zero-order chi connectivity index (χ0) is 12.5. The molecule has 2 N–H and O–H groups in total. The molecule has 1 aliphatic carbocycles. The Morgan fingerprint density at radius 2 is 2.00 bits per heavy atom. The van der Waals surface area contributed by atoms with Gasteiger partial charge in [-0.25, -0.2) is 0 Å². The van der Waals surface area contributed by atoms with E-state index in [1.54, 1.807) is 0 Å². The lowest BCUT2D eigenvalue weighted by molar-refractivity contribution is 0.324. The number of nitrogens with two attached hydrogens (primary N) is 1. The van der Waals surface area contributed by atoms with Crippen LogP contribution in [0.5, 0.6) is 0 Å². The maximum atomic E-state index is 5.74. The first-order chi connectivity index (χ1) is 8.78. The number of hydrogen-bond acceptors (Lipinski definition) is 3. The lowest BCUT2D eigenvalue weighted by Crippen LogP contribution is -2.21. The summed E-state index contributed by atoms with van der Waals surface area (Å²) in [6.07, 6.45) is 6.83. The summed E-state index contributed by atoms with van der Waals surface area (Å²) in [5, 5.41) is 8.61. The van der Waals surface area contributed by atoms with Crippen LogP contribution in [0.3, 0.4) is 0 Å². The standard InChI is InChI=1S/C13H17BrN4/c14-11-5-6-12-16-17-13(18(12)8-11)10-3-1-9(7-15)2-4-10/h5-6,8-10H,1-4,7,15H2. The van der Waals surface area contributed by atoms with E-state index in [4.69, 9.17) is 5.73 Å². The molecule has 18 heavy (non-hydrogen) atoms. The zero-order valence-electron chi connectivity index (χ0n) is 10.2. The van der Waals surface area contributed by atoms with Crippen molar-refractivity contribution in [1.29, 1.82) is 0 Å². The third-order valence-corrected chi connectivity index (χ3v) is 4.41. The molecule has 0 spiro atoms. The van der Waals surface area contributed by atoms with Gasteiger partial charge in [0.2, 0.25) is 0 Å². The Morgan fingerprint density at radius 1 is 1.22 bits per heavy atom. The van der Waals surface area contributed by atoms with Crippen molar-refractivity contribution in [2.45, 2.75) is 31.6 Å². The van der Waals surface area contributed by atoms with Gasteiger partial charge in [0.1, 0.15) is 5.82 Å². The van der Waals surface area contributed by atoms with Gasteiger partial charge >= 0.3 is 0 Å². The molecule has 0 aromatic carbocycles. The Bertz CT molecular complexity index is 543. The molecule has 0 bridgehead atoms. The number of hydrogen-bond donors (Lipinski definition) is 1. The summed E-state index contributed by atoms with van der Waals surface area (Å²) in [5.74, 6) is 2.33. The van der Waals surface area contributed by atoms with Crippen LogP contribution in [0.2, 0.25) is 0 Å². The lowest BCUT2D eigenvalue weighted by Gasteiger charge is -2.26. The summed E-state index contributed by atoms with van der Waals surface area (Å²) >= 11 is 3.50. The fourth-order valence-electron chi connectivity index (χ4n) is 2.82. The van der Waals surface area contributed by atoms with Crippen LogP contribution in [0.1, 0.15) is 37.4 Å². The first-order valence-electron chi connectivity index (χ1n) is 6.48. The van der Waals surface area contributed by atoms with Crippen LogP contribution in [-0.4, -0.2) is 21.1 Å². The van der Waals surface area contributed by atoms with Crippen LogP contribution in [0.4, 0.5) is 0 Å². The maximum Gasteiger partial charge on any atom is 0.160 e. The van der Waals surface area contributed by atoms with E-state index in [2.05, 4.69) is 36.7 Å². The molecular weight excluding hydrogens is 292 g/mol. The van der Waals surface area contributed by atoms with E-state index in [0.29, 0.717) is 11.8 Å². The van der Waals surface area contributed by atoms with Gasteiger partial charge < -0.3 is 5.73 Å². The van der Waals surface area contributed by atoms with Crippen molar-refractivity contribution in [2.24, 2.45) is 11.7 Å². The van der Waals surface area contributed by atoms with Gasteiger partial charge in [0.05, 0.1) is 0 Å². The first-order valence-corrected chi connectivity index (χ1v) is 7.27. The quantitative estimate of drug-likeness (QED) is 0.928. The summed E-state index contributed by atoms with van der Waals surface area (Å²) in [7, 11) is 0. The number of rotatable bonds is 2. The largest absolute Gasteiger partial charge is 0.330 e. The van der Waals surface area contributed by atoms with Crippen LogP contribution in [0.15, 0.2) is 22.8 Å². The van der Waals surface area contributed by atoms with E-state index < -0.39 is 0 Å². The second kappa shape index (κ2) is 4.97. The molecule has 0 radical (unpaired) electrons. The minimum absolute atomic E-state index is 0.525. The lowest BCUT2D eigenvalue weighted by atomic mass is 9.81. The van der Waals surface area contributed by atoms with Gasteiger partial charge in [0.25, 0.3) is 0 Å². The number of nitrogens with zero attached hydrogens (tertiary/aromatic N) is 3. The highest BCUT2D eigenvalue weighted by atomic mass is 79.9. The van der Waals surface area contributed by atoms with Crippen LogP contribution < -0.4 is 5.73 Å². The zero-order valence-corrected chi connectivity index (χ0v) is 11.8. The second-order valence-corrected chi connectivity index (χ2v) is 6.00. The van der Waals surface area contributed by atoms with Crippen LogP contribution in [0, 0.1) is 5.92 Å². The van der Waals surface area contributed by atoms with Gasteiger partial charge in [0.15, 0.2) is 5.65 Å². The van der Waals surface area contributed by atoms with Crippen molar-refractivity contribution in [3.63, 3.8) is 0 Å². The van der Waals surface area contributed by atoms with E-state index >= 15 is 0 Å². The van der Waals surface area contributed by atoms with Gasteiger partial charge in [0, 0.05) is 16.6 Å². The molecule has 1 aliphatic rings. The third-order valence-electron chi connectivity index (χ3n) is 3.94. The summed E-state index contributed by atoms with van der Waals surface area (Å²) in [5.41, 5.74) is 6.66. The molecular formula is C13H17BrN4. The molecule has 2 heterocycles. The molecule has 3 rings (SSSR count).